The molecule has 0 aromatic heterocycles. The predicted octanol–water partition coefficient (Wildman–Crippen LogP) is 4.08. The number of ether oxygens (including phenoxy) is 1. The maximum Gasteiger partial charge on any atom is 0.255 e. The standard InChI is InChI=1S/C25H24N2O3/c26-24(28)17-30-20-13-10-18(11-14-20)12-15-25(29)27-16-4-9-23(27)22-8-3-6-19-5-1-2-7-21(19)22/h1-3,5-8,10-15,23H,4,9,16-17H2,(H2,26,28). The zero-order valence-electron chi connectivity index (χ0n) is 16.7. The van der Waals surface area contributed by atoms with E-state index in [1.165, 1.54) is 16.3 Å². The SMILES string of the molecule is NC(=O)COc1ccc(C=CC(=O)N2CCCC2c2cccc3ccccc23)cc1. The molecule has 1 atom stereocenters. The number of carbonyl (C=O) groups excluding carboxylic acids is 2. The Balaban J connectivity index is 1.48. The summed E-state index contributed by atoms with van der Waals surface area (Å²) in [6.07, 6.45) is 5.40. The van der Waals surface area contributed by atoms with Gasteiger partial charge in [0.05, 0.1) is 6.04 Å². The van der Waals surface area contributed by atoms with E-state index in [0.717, 1.165) is 24.9 Å². The van der Waals surface area contributed by atoms with Gasteiger partial charge in [0.25, 0.3) is 5.91 Å². The molecule has 0 aliphatic carbocycles. The van der Waals surface area contributed by atoms with Crippen LogP contribution in [0.2, 0.25) is 0 Å². The first-order valence-electron chi connectivity index (χ1n) is 10.1. The minimum absolute atomic E-state index is 0.0134. The third-order valence-corrected chi connectivity index (χ3v) is 5.40. The van der Waals surface area contributed by atoms with Crippen LogP contribution in [0.3, 0.4) is 0 Å². The highest BCUT2D eigenvalue weighted by Gasteiger charge is 2.29. The molecule has 1 aliphatic rings. The summed E-state index contributed by atoms with van der Waals surface area (Å²) in [5.41, 5.74) is 7.17. The molecule has 152 valence electrons. The molecule has 3 aromatic rings. The molecule has 2 N–H and O–H groups in total. The van der Waals surface area contributed by atoms with Gasteiger partial charge in [0.15, 0.2) is 6.61 Å². The first kappa shape index (κ1) is 19.7. The van der Waals surface area contributed by atoms with Crippen LogP contribution in [0.4, 0.5) is 0 Å². The average Bonchev–Trinajstić information content (AvgIpc) is 3.26. The van der Waals surface area contributed by atoms with Crippen LogP contribution in [0.5, 0.6) is 5.75 Å². The number of carbonyl (C=O) groups is 2. The zero-order valence-corrected chi connectivity index (χ0v) is 16.7. The van der Waals surface area contributed by atoms with Crippen LogP contribution in [0, 0.1) is 0 Å². The van der Waals surface area contributed by atoms with E-state index in [1.807, 2.05) is 29.2 Å². The third-order valence-electron chi connectivity index (χ3n) is 5.40. The van der Waals surface area contributed by atoms with Gasteiger partial charge in [0.1, 0.15) is 5.75 Å². The Hall–Kier alpha value is -3.60. The van der Waals surface area contributed by atoms with E-state index in [4.69, 9.17) is 10.5 Å². The lowest BCUT2D eigenvalue weighted by Gasteiger charge is -2.25. The second-order valence-electron chi connectivity index (χ2n) is 7.42. The Kier molecular flexibility index (Phi) is 5.80. The molecule has 5 nitrogen and oxygen atoms in total. The van der Waals surface area contributed by atoms with Crippen LogP contribution in [-0.2, 0) is 9.59 Å². The number of hydrogen-bond donors (Lipinski definition) is 1. The number of fused-ring (bicyclic) bond motifs is 1. The van der Waals surface area contributed by atoms with E-state index in [-0.39, 0.29) is 18.6 Å². The molecule has 4 rings (SSSR count). The monoisotopic (exact) mass is 400 g/mol. The number of rotatable bonds is 6. The molecule has 1 unspecified atom stereocenters. The van der Waals surface area contributed by atoms with Crippen LogP contribution in [0.1, 0.15) is 30.0 Å². The molecule has 0 bridgehead atoms. The minimum atomic E-state index is -0.518. The Morgan fingerprint density at radius 1 is 1.03 bits per heavy atom. The number of benzene rings is 3. The Morgan fingerprint density at radius 2 is 1.80 bits per heavy atom. The van der Waals surface area contributed by atoms with Gasteiger partial charge in [-0.3, -0.25) is 9.59 Å². The van der Waals surface area contributed by atoms with Crippen molar-refractivity contribution in [1.82, 2.24) is 4.90 Å². The summed E-state index contributed by atoms with van der Waals surface area (Å²) in [6, 6.07) is 21.9. The third kappa shape index (κ3) is 4.35. The van der Waals surface area contributed by atoms with Crippen LogP contribution in [0.15, 0.2) is 72.8 Å². The summed E-state index contributed by atoms with van der Waals surface area (Å²) in [4.78, 5) is 25.7. The van der Waals surface area contributed by atoms with Crippen molar-refractivity contribution in [1.29, 1.82) is 0 Å². The van der Waals surface area contributed by atoms with E-state index < -0.39 is 5.91 Å². The van der Waals surface area contributed by atoms with Crippen molar-refractivity contribution < 1.29 is 14.3 Å². The molecular formula is C25H24N2O3. The molecule has 1 fully saturated rings. The summed E-state index contributed by atoms with van der Waals surface area (Å²) in [6.45, 7) is 0.606. The number of nitrogens with two attached hydrogens (primary N) is 1. The number of primary amides is 1. The summed E-state index contributed by atoms with van der Waals surface area (Å²) >= 11 is 0. The largest absolute Gasteiger partial charge is 0.484 e. The molecule has 3 aromatic carbocycles. The molecule has 30 heavy (non-hydrogen) atoms. The first-order chi connectivity index (χ1) is 14.6. The minimum Gasteiger partial charge on any atom is -0.484 e. The van der Waals surface area contributed by atoms with Crippen molar-refractivity contribution in [3.63, 3.8) is 0 Å². The van der Waals surface area contributed by atoms with Crippen LogP contribution < -0.4 is 10.5 Å². The summed E-state index contributed by atoms with van der Waals surface area (Å²) < 4.78 is 5.25. The van der Waals surface area contributed by atoms with Gasteiger partial charge in [-0.15, -0.1) is 0 Å². The van der Waals surface area contributed by atoms with Crippen molar-refractivity contribution in [2.24, 2.45) is 5.73 Å². The molecule has 2 amide bonds. The maximum absolute atomic E-state index is 12.9. The number of amides is 2. The van der Waals surface area contributed by atoms with Crippen molar-refractivity contribution >= 4 is 28.7 Å². The fourth-order valence-electron chi connectivity index (χ4n) is 3.99. The van der Waals surface area contributed by atoms with Gasteiger partial charge < -0.3 is 15.4 Å². The van der Waals surface area contributed by atoms with Gasteiger partial charge in [-0.1, -0.05) is 54.6 Å². The number of hydrogen-bond acceptors (Lipinski definition) is 3. The van der Waals surface area contributed by atoms with E-state index in [1.54, 1.807) is 24.3 Å². The smallest absolute Gasteiger partial charge is 0.255 e. The van der Waals surface area contributed by atoms with E-state index in [2.05, 4.69) is 30.3 Å². The molecule has 0 spiro atoms. The average molecular weight is 400 g/mol. The second-order valence-corrected chi connectivity index (χ2v) is 7.42. The van der Waals surface area contributed by atoms with Crippen molar-refractivity contribution in [2.45, 2.75) is 18.9 Å². The van der Waals surface area contributed by atoms with Gasteiger partial charge in [0, 0.05) is 12.6 Å². The van der Waals surface area contributed by atoms with Gasteiger partial charge in [-0.25, -0.2) is 0 Å². The predicted molar refractivity (Wildman–Crippen MR) is 118 cm³/mol. The molecule has 0 radical (unpaired) electrons. The van der Waals surface area contributed by atoms with Crippen molar-refractivity contribution in [2.75, 3.05) is 13.2 Å². The van der Waals surface area contributed by atoms with Crippen LogP contribution >= 0.6 is 0 Å². The highest BCUT2D eigenvalue weighted by atomic mass is 16.5. The summed E-state index contributed by atoms with van der Waals surface area (Å²) in [5, 5.41) is 2.41. The lowest BCUT2D eigenvalue weighted by Crippen LogP contribution is -2.29. The molecule has 1 heterocycles. The Labute approximate surface area is 175 Å². The van der Waals surface area contributed by atoms with Crippen LogP contribution in [0.25, 0.3) is 16.8 Å². The number of likely N-dealkylation sites (tertiary alicyclic amines) is 1. The van der Waals surface area contributed by atoms with E-state index >= 15 is 0 Å². The highest BCUT2D eigenvalue weighted by Crippen LogP contribution is 2.36. The fraction of sp³-hybridized carbons (Fsp3) is 0.200. The van der Waals surface area contributed by atoms with Gasteiger partial charge >= 0.3 is 0 Å². The lowest BCUT2D eigenvalue weighted by atomic mass is 9.97. The highest BCUT2D eigenvalue weighted by molar-refractivity contribution is 5.93. The van der Waals surface area contributed by atoms with Crippen LogP contribution in [-0.4, -0.2) is 29.9 Å². The molecule has 0 saturated carbocycles. The zero-order chi connectivity index (χ0) is 20.9. The second kappa shape index (κ2) is 8.82. The molecule has 1 aliphatic heterocycles. The number of nitrogens with zero attached hydrogens (tertiary/aromatic N) is 1. The van der Waals surface area contributed by atoms with E-state index in [9.17, 15) is 9.59 Å². The van der Waals surface area contributed by atoms with Gasteiger partial charge in [-0.2, -0.15) is 0 Å². The maximum atomic E-state index is 12.9. The Morgan fingerprint density at radius 3 is 2.60 bits per heavy atom. The van der Waals surface area contributed by atoms with Gasteiger partial charge in [-0.05, 0) is 52.9 Å². The van der Waals surface area contributed by atoms with E-state index in [0.29, 0.717) is 5.75 Å². The molecular weight excluding hydrogens is 376 g/mol. The normalized spacial score (nSPS) is 16.3. The summed E-state index contributed by atoms with van der Waals surface area (Å²) in [5.74, 6) is 0.0586. The molecule has 5 heteroatoms. The molecule has 1 saturated heterocycles. The van der Waals surface area contributed by atoms with Crippen molar-refractivity contribution in [3.8, 4) is 5.75 Å². The van der Waals surface area contributed by atoms with Gasteiger partial charge in [0.2, 0.25) is 5.91 Å². The fourth-order valence-corrected chi connectivity index (χ4v) is 3.99. The first-order valence-corrected chi connectivity index (χ1v) is 10.1. The van der Waals surface area contributed by atoms with Crippen molar-refractivity contribution in [3.05, 3.63) is 83.9 Å². The Bertz CT molecular complexity index is 1080. The quantitative estimate of drug-likeness (QED) is 0.634. The topological polar surface area (TPSA) is 72.6 Å². The lowest BCUT2D eigenvalue weighted by molar-refractivity contribution is -0.126. The summed E-state index contributed by atoms with van der Waals surface area (Å²) in [7, 11) is 0.